The van der Waals surface area contributed by atoms with Gasteiger partial charge in [-0.25, -0.2) is 4.79 Å². The molecule has 0 bridgehead atoms. The number of benzene rings is 1. The minimum Gasteiger partial charge on any atom is -0.508 e. The van der Waals surface area contributed by atoms with E-state index in [1.807, 2.05) is 0 Å². The Kier molecular flexibility index (Phi) is 4.33. The lowest BCUT2D eigenvalue weighted by Crippen LogP contribution is -2.17. The topological polar surface area (TPSA) is 87.0 Å². The van der Waals surface area contributed by atoms with Gasteiger partial charge in [-0.3, -0.25) is 0 Å². The third-order valence-corrected chi connectivity index (χ3v) is 3.48. The lowest BCUT2D eigenvalue weighted by Gasteiger charge is -2.17. The third-order valence-electron chi connectivity index (χ3n) is 3.48. The van der Waals surface area contributed by atoms with Crippen molar-refractivity contribution in [2.24, 2.45) is 0 Å². The Balaban J connectivity index is 2.42. The number of carbonyl (C=O) groups excluding carboxylic acids is 1. The molecule has 1 aromatic carbocycles. The first-order chi connectivity index (χ1) is 12.4. The van der Waals surface area contributed by atoms with Crippen LogP contribution in [-0.2, 0) is 4.74 Å². The molecule has 5 heteroatoms. The predicted octanol–water partition coefficient (Wildman–Crippen LogP) is 3.37. The van der Waals surface area contributed by atoms with Gasteiger partial charge in [-0.15, -0.1) is 0 Å². The number of esters is 1. The molecule has 1 aliphatic heterocycles. The number of fused-ring (bicyclic) bond motifs is 1. The fraction of sp³-hybridized carbons (Fsp3) is 0.500. The van der Waals surface area contributed by atoms with E-state index >= 15 is 0 Å². The first-order valence-corrected chi connectivity index (χ1v) is 7.55. The van der Waals surface area contributed by atoms with Crippen LogP contribution in [0.4, 0.5) is 0 Å². The van der Waals surface area contributed by atoms with E-state index in [-0.39, 0.29) is 42.6 Å². The van der Waals surface area contributed by atoms with Crippen molar-refractivity contribution >= 4 is 12.0 Å². The summed E-state index contributed by atoms with van der Waals surface area (Å²) in [4.78, 5) is 12.4. The summed E-state index contributed by atoms with van der Waals surface area (Å²) >= 11 is 0. The average molecular weight is 324 g/mol. The van der Waals surface area contributed by atoms with Crippen LogP contribution in [0.1, 0.15) is 66.8 Å². The van der Waals surface area contributed by atoms with Gasteiger partial charge in [-0.1, -0.05) is 12.2 Å². The Morgan fingerprint density at radius 3 is 2.78 bits per heavy atom. The molecule has 3 N–H and O–H groups in total. The summed E-state index contributed by atoms with van der Waals surface area (Å²) in [6.07, 6.45) is -4.04. The highest BCUT2D eigenvalue weighted by molar-refractivity contribution is 5.97. The van der Waals surface area contributed by atoms with Crippen LogP contribution in [0.15, 0.2) is 18.2 Å². The second kappa shape index (κ2) is 8.02. The van der Waals surface area contributed by atoms with Gasteiger partial charge < -0.3 is 20.1 Å². The van der Waals surface area contributed by atoms with Gasteiger partial charge in [-0.05, 0) is 57.0 Å². The number of carbonyl (C=O) groups is 1. The maximum Gasteiger partial charge on any atom is 0.342 e. The third kappa shape index (κ3) is 4.99. The maximum atomic E-state index is 12.4. The van der Waals surface area contributed by atoms with E-state index in [1.54, 1.807) is 6.92 Å². The lowest BCUT2D eigenvalue weighted by molar-refractivity contribution is 0.0307. The van der Waals surface area contributed by atoms with Crippen molar-refractivity contribution < 1.29 is 30.3 Å². The van der Waals surface area contributed by atoms with Crippen LogP contribution < -0.4 is 0 Å². The highest BCUT2D eigenvalue weighted by Crippen LogP contribution is 2.30. The van der Waals surface area contributed by atoms with Crippen LogP contribution in [-0.4, -0.2) is 33.5 Å². The summed E-state index contributed by atoms with van der Waals surface area (Å²) < 4.78 is 37.2. The molecule has 2 atom stereocenters. The lowest BCUT2D eigenvalue weighted by atomic mass is 10.0. The highest BCUT2D eigenvalue weighted by Gasteiger charge is 2.20. The molecule has 1 heterocycles. The molecule has 126 valence electrons. The number of ether oxygens (including phenoxy) is 1. The summed E-state index contributed by atoms with van der Waals surface area (Å²) in [6, 6.07) is 2.31. The molecular weight excluding hydrogens is 296 g/mol. The van der Waals surface area contributed by atoms with Crippen LogP contribution in [0.5, 0.6) is 11.5 Å². The summed E-state index contributed by atoms with van der Waals surface area (Å²) in [5, 5.41) is 29.9. The van der Waals surface area contributed by atoms with Crippen LogP contribution in [0.2, 0.25) is 0 Å². The Bertz CT molecular complexity index is 733. The van der Waals surface area contributed by atoms with Gasteiger partial charge >= 0.3 is 5.97 Å². The quantitative estimate of drug-likeness (QED) is 0.637. The van der Waals surface area contributed by atoms with Crippen LogP contribution in [0.3, 0.4) is 0 Å². The number of hydrogen-bond donors (Lipinski definition) is 3. The van der Waals surface area contributed by atoms with E-state index in [0.29, 0.717) is 0 Å². The standard InChI is InChI=1S/C18H24O5/c1-12-6-5-9-14(19)8-4-2-3-7-13-10-15(20)11-16(21)17(13)18(22)23-12/h3,7,10-12,14,19-21H,2,4-6,8-9H2,1H3/b7-3-/t12-,14+/m0/s1/i8D2,9D2. The van der Waals surface area contributed by atoms with E-state index in [1.165, 1.54) is 18.2 Å². The van der Waals surface area contributed by atoms with Crippen LogP contribution in [0.25, 0.3) is 6.08 Å². The number of rotatable bonds is 0. The molecular formula is C18H24O5. The van der Waals surface area contributed by atoms with Crippen molar-refractivity contribution in [2.75, 3.05) is 0 Å². The maximum absolute atomic E-state index is 12.4. The molecule has 1 aromatic rings. The number of aliphatic hydroxyl groups excluding tert-OH is 1. The zero-order chi connectivity index (χ0) is 20.4. The van der Waals surface area contributed by atoms with Crippen LogP contribution >= 0.6 is 0 Å². The molecule has 2 rings (SSSR count). The van der Waals surface area contributed by atoms with Gasteiger partial charge in [0, 0.05) is 11.5 Å². The number of phenols is 2. The largest absolute Gasteiger partial charge is 0.508 e. The van der Waals surface area contributed by atoms with Crippen molar-refractivity contribution in [2.45, 2.75) is 57.6 Å². The number of phenolic OH excluding ortho intramolecular Hbond substituents is 2. The minimum atomic E-state index is -2.19. The SMILES string of the molecule is [2H]C1([2H])CC/C=C\c2cc(O)cc(O)c2C(=O)O[C@@H](C)CCC([2H])([2H])[C@@H]1O. The molecule has 5 nitrogen and oxygen atoms in total. The summed E-state index contributed by atoms with van der Waals surface area (Å²) in [7, 11) is 0. The summed E-state index contributed by atoms with van der Waals surface area (Å²) in [5.41, 5.74) is 0.0946. The van der Waals surface area contributed by atoms with E-state index in [4.69, 9.17) is 10.2 Å². The Labute approximate surface area is 141 Å². The molecule has 0 saturated heterocycles. The zero-order valence-electron chi connectivity index (χ0n) is 17.0. The van der Waals surface area contributed by atoms with Crippen molar-refractivity contribution in [3.63, 3.8) is 0 Å². The Morgan fingerprint density at radius 1 is 1.26 bits per heavy atom. The minimum absolute atomic E-state index is 0.0654. The summed E-state index contributed by atoms with van der Waals surface area (Å²) in [5.74, 6) is -1.50. The Morgan fingerprint density at radius 2 is 2.00 bits per heavy atom. The molecule has 1 aliphatic rings. The Hall–Kier alpha value is -2.01. The van der Waals surface area contributed by atoms with Gasteiger partial charge in [0.2, 0.25) is 0 Å². The van der Waals surface area contributed by atoms with Gasteiger partial charge in [0.1, 0.15) is 17.1 Å². The van der Waals surface area contributed by atoms with Crippen molar-refractivity contribution in [3.05, 3.63) is 29.3 Å². The number of hydrogen-bond acceptors (Lipinski definition) is 5. The molecule has 0 spiro atoms. The molecule has 0 unspecified atom stereocenters. The monoisotopic (exact) mass is 324 g/mol. The fourth-order valence-corrected chi connectivity index (χ4v) is 2.30. The molecule has 0 saturated carbocycles. The van der Waals surface area contributed by atoms with Crippen molar-refractivity contribution in [1.29, 1.82) is 0 Å². The second-order valence-corrected chi connectivity index (χ2v) is 5.44. The van der Waals surface area contributed by atoms with E-state index in [2.05, 4.69) is 0 Å². The predicted molar refractivity (Wildman–Crippen MR) is 87.4 cm³/mol. The summed E-state index contributed by atoms with van der Waals surface area (Å²) in [6.45, 7) is 1.55. The van der Waals surface area contributed by atoms with Gasteiger partial charge in [0.05, 0.1) is 12.2 Å². The van der Waals surface area contributed by atoms with Crippen molar-refractivity contribution in [1.82, 2.24) is 0 Å². The molecule has 0 fully saturated rings. The molecule has 0 amide bonds. The number of cyclic esters (lactones) is 1. The normalized spacial score (nSPS) is 32.0. The van der Waals surface area contributed by atoms with Gasteiger partial charge in [0.15, 0.2) is 0 Å². The molecule has 23 heavy (non-hydrogen) atoms. The van der Waals surface area contributed by atoms with Gasteiger partial charge in [-0.2, -0.15) is 0 Å². The van der Waals surface area contributed by atoms with E-state index in [0.717, 1.165) is 6.07 Å². The number of allylic oxidation sites excluding steroid dienone is 1. The van der Waals surface area contributed by atoms with E-state index in [9.17, 15) is 20.1 Å². The van der Waals surface area contributed by atoms with Gasteiger partial charge in [0.25, 0.3) is 0 Å². The molecule has 0 aliphatic carbocycles. The fourth-order valence-electron chi connectivity index (χ4n) is 2.30. The second-order valence-electron chi connectivity index (χ2n) is 5.44. The first-order valence-electron chi connectivity index (χ1n) is 9.55. The smallest absolute Gasteiger partial charge is 0.342 e. The van der Waals surface area contributed by atoms with Crippen LogP contribution in [0, 0.1) is 0 Å². The van der Waals surface area contributed by atoms with E-state index < -0.39 is 36.7 Å². The average Bonchev–Trinajstić information content (AvgIpc) is 2.55. The number of aromatic hydroxyl groups is 2. The zero-order valence-corrected chi connectivity index (χ0v) is 13.0. The molecule has 0 aromatic heterocycles. The first kappa shape index (κ1) is 12.4. The number of aliphatic hydroxyl groups is 1. The highest BCUT2D eigenvalue weighted by atomic mass is 16.5. The molecule has 0 radical (unpaired) electrons. The van der Waals surface area contributed by atoms with Crippen molar-refractivity contribution in [3.8, 4) is 11.5 Å².